The number of aromatic nitrogens is 1. The summed E-state index contributed by atoms with van der Waals surface area (Å²) in [4.78, 5) is 18.8. The maximum atomic E-state index is 12.2. The van der Waals surface area contributed by atoms with Gasteiger partial charge in [-0.1, -0.05) is 30.7 Å². The van der Waals surface area contributed by atoms with Crippen molar-refractivity contribution in [2.45, 2.75) is 73.1 Å². The molecule has 2 rings (SSSR count). The van der Waals surface area contributed by atoms with Gasteiger partial charge in [0, 0.05) is 18.6 Å². The highest BCUT2D eigenvalue weighted by molar-refractivity contribution is 5.92. The topological polar surface area (TPSA) is 58.4 Å². The van der Waals surface area contributed by atoms with Gasteiger partial charge in [0.15, 0.2) is 5.69 Å². The van der Waals surface area contributed by atoms with Crippen LogP contribution >= 0.6 is 0 Å². The highest BCUT2D eigenvalue weighted by Gasteiger charge is 2.18. The van der Waals surface area contributed by atoms with Crippen LogP contribution in [0, 0.1) is 13.8 Å². The first-order chi connectivity index (χ1) is 12.3. The Morgan fingerprint density at radius 3 is 2.62 bits per heavy atom. The molecule has 0 saturated heterocycles. The van der Waals surface area contributed by atoms with E-state index >= 15 is 0 Å². The lowest BCUT2D eigenvalue weighted by molar-refractivity contribution is 0.0934. The molecular weight excluding hydrogens is 326 g/mol. The van der Waals surface area contributed by atoms with Crippen LogP contribution in [0.5, 0.6) is 0 Å². The molecule has 0 aliphatic heterocycles. The molecule has 0 aliphatic carbocycles. The largest absolute Gasteiger partial charge is 0.447 e. The number of carbonyl (C=O) groups is 1. The zero-order valence-electron chi connectivity index (χ0n) is 16.8. The lowest BCUT2D eigenvalue weighted by Gasteiger charge is -2.26. The van der Waals surface area contributed by atoms with E-state index in [0.717, 1.165) is 13.0 Å². The quantitative estimate of drug-likeness (QED) is 0.768. The van der Waals surface area contributed by atoms with Gasteiger partial charge >= 0.3 is 0 Å². The summed E-state index contributed by atoms with van der Waals surface area (Å²) >= 11 is 0. The van der Waals surface area contributed by atoms with Crippen molar-refractivity contribution in [1.29, 1.82) is 0 Å². The second-order valence-corrected chi connectivity index (χ2v) is 7.34. The van der Waals surface area contributed by atoms with Crippen LogP contribution in [0.25, 0.3) is 0 Å². The van der Waals surface area contributed by atoms with E-state index in [1.807, 2.05) is 13.8 Å². The minimum atomic E-state index is -0.181. The van der Waals surface area contributed by atoms with Crippen molar-refractivity contribution in [1.82, 2.24) is 15.2 Å². The minimum absolute atomic E-state index is 0.124. The van der Waals surface area contributed by atoms with Crippen LogP contribution in [0.15, 0.2) is 28.9 Å². The van der Waals surface area contributed by atoms with Crippen LogP contribution in [0.1, 0.15) is 67.2 Å². The van der Waals surface area contributed by atoms with Crippen molar-refractivity contribution in [3.8, 4) is 0 Å². The van der Waals surface area contributed by atoms with Crippen molar-refractivity contribution in [2.24, 2.45) is 0 Å². The number of rotatable bonds is 8. The van der Waals surface area contributed by atoms with Crippen LogP contribution in [0.3, 0.4) is 0 Å². The van der Waals surface area contributed by atoms with Gasteiger partial charge in [0.1, 0.15) is 6.26 Å². The smallest absolute Gasteiger partial charge is 0.273 e. The molecule has 0 fully saturated rings. The summed E-state index contributed by atoms with van der Waals surface area (Å²) in [6.07, 6.45) is 2.33. The Hall–Kier alpha value is -2.14. The maximum absolute atomic E-state index is 12.2. The van der Waals surface area contributed by atoms with Crippen LogP contribution in [-0.2, 0) is 13.1 Å². The van der Waals surface area contributed by atoms with Crippen LogP contribution in [0.4, 0.5) is 0 Å². The molecule has 0 radical (unpaired) electrons. The summed E-state index contributed by atoms with van der Waals surface area (Å²) in [6.45, 7) is 14.0. The third-order valence-electron chi connectivity index (χ3n) is 4.72. The molecule has 1 N–H and O–H groups in total. The highest BCUT2D eigenvalue weighted by atomic mass is 16.3. The first-order valence-corrected chi connectivity index (χ1v) is 9.35. The van der Waals surface area contributed by atoms with Gasteiger partial charge in [-0.3, -0.25) is 9.69 Å². The first-order valence-electron chi connectivity index (χ1n) is 9.35. The molecule has 5 nitrogen and oxygen atoms in total. The molecule has 1 amide bonds. The number of benzene rings is 1. The summed E-state index contributed by atoms with van der Waals surface area (Å²) in [5, 5.41) is 2.91. The zero-order chi connectivity index (χ0) is 19.3. The number of amides is 1. The summed E-state index contributed by atoms with van der Waals surface area (Å²) < 4.78 is 5.56. The Balaban J connectivity index is 2.08. The number of oxazole rings is 1. The average molecular weight is 357 g/mol. The Morgan fingerprint density at radius 2 is 1.96 bits per heavy atom. The molecule has 0 spiro atoms. The van der Waals surface area contributed by atoms with Crippen molar-refractivity contribution in [3.05, 3.63) is 52.7 Å². The molecule has 5 heteroatoms. The van der Waals surface area contributed by atoms with E-state index in [2.05, 4.69) is 61.1 Å². The number of nitrogens with one attached hydrogen (secondary N) is 1. The van der Waals surface area contributed by atoms with Gasteiger partial charge < -0.3 is 9.73 Å². The molecular formula is C21H31N3O2. The fourth-order valence-electron chi connectivity index (χ4n) is 2.67. The van der Waals surface area contributed by atoms with Crippen molar-refractivity contribution in [2.75, 3.05) is 0 Å². The van der Waals surface area contributed by atoms with E-state index in [0.29, 0.717) is 24.2 Å². The molecule has 1 unspecified atom stereocenters. The standard InChI is InChI=1S/C21H31N3O2/c1-7-17(6)22-21(25)19-13-26-20(23-19)12-24(14(2)3)11-18-10-15(4)8-9-16(18)5/h8-10,13-14,17H,7,11-12H2,1-6H3,(H,22,25). The Labute approximate surface area is 156 Å². The normalized spacial score (nSPS) is 12.6. The summed E-state index contributed by atoms with van der Waals surface area (Å²) in [6, 6.07) is 6.98. The summed E-state index contributed by atoms with van der Waals surface area (Å²) in [5.41, 5.74) is 4.19. The predicted molar refractivity (Wildman–Crippen MR) is 104 cm³/mol. The molecule has 142 valence electrons. The minimum Gasteiger partial charge on any atom is -0.447 e. The Bertz CT molecular complexity index is 737. The van der Waals surface area contributed by atoms with E-state index in [1.165, 1.54) is 23.0 Å². The lowest BCUT2D eigenvalue weighted by atomic mass is 10.0. The van der Waals surface area contributed by atoms with Crippen LogP contribution in [0.2, 0.25) is 0 Å². The van der Waals surface area contributed by atoms with Crippen LogP contribution < -0.4 is 5.32 Å². The molecule has 1 aromatic heterocycles. The van der Waals surface area contributed by atoms with E-state index in [1.54, 1.807) is 0 Å². The molecule has 26 heavy (non-hydrogen) atoms. The summed E-state index contributed by atoms with van der Waals surface area (Å²) in [7, 11) is 0. The van der Waals surface area contributed by atoms with Gasteiger partial charge in [-0.15, -0.1) is 0 Å². The molecule has 0 bridgehead atoms. The lowest BCUT2D eigenvalue weighted by Crippen LogP contribution is -2.32. The molecule has 1 atom stereocenters. The fourth-order valence-corrected chi connectivity index (χ4v) is 2.67. The Kier molecular flexibility index (Phi) is 6.98. The van der Waals surface area contributed by atoms with Gasteiger partial charge in [-0.25, -0.2) is 4.98 Å². The van der Waals surface area contributed by atoms with E-state index < -0.39 is 0 Å². The number of hydrogen-bond acceptors (Lipinski definition) is 4. The second-order valence-electron chi connectivity index (χ2n) is 7.34. The fraction of sp³-hybridized carbons (Fsp3) is 0.524. The maximum Gasteiger partial charge on any atom is 0.273 e. The molecule has 0 saturated carbocycles. The third kappa shape index (κ3) is 5.43. The molecule has 2 aromatic rings. The van der Waals surface area contributed by atoms with E-state index in [4.69, 9.17) is 4.42 Å². The SMILES string of the molecule is CCC(C)NC(=O)c1coc(CN(Cc2cc(C)ccc2C)C(C)C)n1. The third-order valence-corrected chi connectivity index (χ3v) is 4.72. The van der Waals surface area contributed by atoms with Crippen molar-refractivity contribution < 1.29 is 9.21 Å². The average Bonchev–Trinajstić information content (AvgIpc) is 3.06. The van der Waals surface area contributed by atoms with Crippen molar-refractivity contribution in [3.63, 3.8) is 0 Å². The summed E-state index contributed by atoms with van der Waals surface area (Å²) in [5.74, 6) is 0.387. The van der Waals surface area contributed by atoms with Gasteiger partial charge in [0.2, 0.25) is 5.89 Å². The second kappa shape index (κ2) is 8.99. The van der Waals surface area contributed by atoms with Gasteiger partial charge in [0.25, 0.3) is 5.91 Å². The number of hydrogen-bond donors (Lipinski definition) is 1. The Morgan fingerprint density at radius 1 is 1.23 bits per heavy atom. The predicted octanol–water partition coefficient (Wildman–Crippen LogP) is 4.23. The number of nitrogens with zero attached hydrogens (tertiary/aromatic N) is 2. The zero-order valence-corrected chi connectivity index (χ0v) is 16.8. The number of carbonyl (C=O) groups excluding carboxylic acids is 1. The first kappa shape index (κ1) is 20.2. The molecule has 0 aliphatic rings. The van der Waals surface area contributed by atoms with Gasteiger partial charge in [-0.2, -0.15) is 0 Å². The molecule has 1 aromatic carbocycles. The molecule has 1 heterocycles. The number of aryl methyl sites for hydroxylation is 2. The van der Waals surface area contributed by atoms with Crippen molar-refractivity contribution >= 4 is 5.91 Å². The monoisotopic (exact) mass is 357 g/mol. The van der Waals surface area contributed by atoms with Gasteiger partial charge in [0.05, 0.1) is 6.54 Å². The van der Waals surface area contributed by atoms with E-state index in [9.17, 15) is 4.79 Å². The van der Waals surface area contributed by atoms with Crippen LogP contribution in [-0.4, -0.2) is 27.9 Å². The van der Waals surface area contributed by atoms with Gasteiger partial charge in [-0.05, 0) is 52.2 Å². The van der Waals surface area contributed by atoms with E-state index in [-0.39, 0.29) is 11.9 Å². The highest BCUT2D eigenvalue weighted by Crippen LogP contribution is 2.17.